The summed E-state index contributed by atoms with van der Waals surface area (Å²) in [5.74, 6) is 0.880. The van der Waals surface area contributed by atoms with E-state index < -0.39 is 0 Å². The third-order valence-electron chi connectivity index (χ3n) is 3.40. The van der Waals surface area contributed by atoms with E-state index in [0.717, 1.165) is 5.92 Å². The van der Waals surface area contributed by atoms with Crippen LogP contribution in [0.1, 0.15) is 44.9 Å². The van der Waals surface area contributed by atoms with Crippen molar-refractivity contribution in [1.29, 1.82) is 0 Å². The molecule has 0 spiro atoms. The van der Waals surface area contributed by atoms with Crippen LogP contribution in [0.4, 0.5) is 0 Å². The molecule has 0 heterocycles. The molecule has 0 saturated heterocycles. The summed E-state index contributed by atoms with van der Waals surface area (Å²) in [6.45, 7) is 0. The Morgan fingerprint density at radius 2 is 1.64 bits per heavy atom. The maximum Gasteiger partial charge on any atom is -0.0130 e. The van der Waals surface area contributed by atoms with Gasteiger partial charge in [-0.1, -0.05) is 61.6 Å². The van der Waals surface area contributed by atoms with Gasteiger partial charge in [0.2, 0.25) is 0 Å². The minimum atomic E-state index is 0.880. The second-order valence-corrected chi connectivity index (χ2v) is 4.45. The molecule has 0 bridgehead atoms. The lowest BCUT2D eigenvalue weighted by Gasteiger charge is -2.16. The SMILES string of the molecule is C1=CC=C(C2CCCCCC2)CC=C1. The van der Waals surface area contributed by atoms with Gasteiger partial charge in [-0.3, -0.25) is 0 Å². The van der Waals surface area contributed by atoms with Gasteiger partial charge in [0.1, 0.15) is 0 Å². The zero-order chi connectivity index (χ0) is 9.64. The quantitative estimate of drug-likeness (QED) is 0.535. The average molecular weight is 188 g/mol. The van der Waals surface area contributed by atoms with Crippen LogP contribution in [0.2, 0.25) is 0 Å². The molecule has 0 nitrogen and oxygen atoms in total. The van der Waals surface area contributed by atoms with Crippen LogP contribution in [0.15, 0.2) is 36.0 Å². The highest BCUT2D eigenvalue weighted by atomic mass is 14.2. The standard InChI is InChI=1S/C14H20/c1-2-6-10-13(9-5-1)14-11-7-3-4-8-12-14/h1-2,5-6,9,14H,3-4,7-8,10-12H2. The molecule has 2 aliphatic rings. The van der Waals surface area contributed by atoms with Crippen molar-refractivity contribution < 1.29 is 0 Å². The van der Waals surface area contributed by atoms with Crippen molar-refractivity contribution in [3.05, 3.63) is 36.0 Å². The molecular weight excluding hydrogens is 168 g/mol. The van der Waals surface area contributed by atoms with Crippen LogP contribution in [0.5, 0.6) is 0 Å². The molecule has 0 radical (unpaired) electrons. The van der Waals surface area contributed by atoms with Crippen molar-refractivity contribution in [1.82, 2.24) is 0 Å². The van der Waals surface area contributed by atoms with Crippen molar-refractivity contribution in [2.24, 2.45) is 5.92 Å². The molecule has 0 unspecified atom stereocenters. The average Bonchev–Trinajstić information content (AvgIpc) is 2.62. The van der Waals surface area contributed by atoms with E-state index >= 15 is 0 Å². The van der Waals surface area contributed by atoms with Crippen LogP contribution in [0.3, 0.4) is 0 Å². The number of hydrogen-bond donors (Lipinski definition) is 0. The number of allylic oxidation sites excluding steroid dienone is 6. The Morgan fingerprint density at radius 1 is 0.857 bits per heavy atom. The smallest absolute Gasteiger partial charge is 0.0130 e. The molecule has 0 aromatic rings. The first-order valence-electron chi connectivity index (χ1n) is 5.99. The van der Waals surface area contributed by atoms with Gasteiger partial charge in [0.05, 0.1) is 0 Å². The van der Waals surface area contributed by atoms with Crippen molar-refractivity contribution in [3.8, 4) is 0 Å². The maximum atomic E-state index is 2.34. The second kappa shape index (κ2) is 5.19. The first kappa shape index (κ1) is 9.76. The summed E-state index contributed by atoms with van der Waals surface area (Å²) < 4.78 is 0. The van der Waals surface area contributed by atoms with Crippen LogP contribution in [-0.2, 0) is 0 Å². The molecule has 2 rings (SSSR count). The topological polar surface area (TPSA) is 0 Å². The van der Waals surface area contributed by atoms with Gasteiger partial charge in [0.25, 0.3) is 0 Å². The minimum absolute atomic E-state index is 0.880. The molecule has 0 aromatic heterocycles. The molecular formula is C14H20. The van der Waals surface area contributed by atoms with E-state index in [2.05, 4.69) is 30.4 Å². The fraction of sp³-hybridized carbons (Fsp3) is 0.571. The molecule has 0 heteroatoms. The zero-order valence-corrected chi connectivity index (χ0v) is 8.91. The van der Waals surface area contributed by atoms with Crippen LogP contribution in [0.25, 0.3) is 0 Å². The van der Waals surface area contributed by atoms with Gasteiger partial charge in [0, 0.05) is 0 Å². The van der Waals surface area contributed by atoms with Gasteiger partial charge in [-0.15, -0.1) is 0 Å². The summed E-state index contributed by atoms with van der Waals surface area (Å²) in [4.78, 5) is 0. The van der Waals surface area contributed by atoms with Gasteiger partial charge in [-0.05, 0) is 25.2 Å². The summed E-state index contributed by atoms with van der Waals surface area (Å²) in [5.41, 5.74) is 1.66. The molecule has 0 N–H and O–H groups in total. The first-order valence-corrected chi connectivity index (χ1v) is 5.99. The monoisotopic (exact) mass is 188 g/mol. The summed E-state index contributed by atoms with van der Waals surface area (Å²) in [6.07, 6.45) is 21.0. The van der Waals surface area contributed by atoms with Gasteiger partial charge in [0.15, 0.2) is 0 Å². The zero-order valence-electron chi connectivity index (χ0n) is 8.91. The van der Waals surface area contributed by atoms with Gasteiger partial charge in [-0.25, -0.2) is 0 Å². The minimum Gasteiger partial charge on any atom is -0.0805 e. The third-order valence-corrected chi connectivity index (χ3v) is 3.40. The van der Waals surface area contributed by atoms with Crippen LogP contribution >= 0.6 is 0 Å². The van der Waals surface area contributed by atoms with Crippen molar-refractivity contribution in [2.45, 2.75) is 44.9 Å². The van der Waals surface area contributed by atoms with E-state index in [0.29, 0.717) is 0 Å². The van der Waals surface area contributed by atoms with Gasteiger partial charge < -0.3 is 0 Å². The van der Waals surface area contributed by atoms with E-state index in [-0.39, 0.29) is 0 Å². The fourth-order valence-electron chi connectivity index (χ4n) is 2.55. The molecule has 2 aliphatic carbocycles. The maximum absolute atomic E-state index is 2.34. The highest BCUT2D eigenvalue weighted by Crippen LogP contribution is 2.31. The Kier molecular flexibility index (Phi) is 3.62. The molecule has 0 aliphatic heterocycles. The van der Waals surface area contributed by atoms with Crippen LogP contribution in [0, 0.1) is 5.92 Å². The van der Waals surface area contributed by atoms with E-state index in [1.807, 2.05) is 0 Å². The molecule has 1 saturated carbocycles. The van der Waals surface area contributed by atoms with E-state index in [4.69, 9.17) is 0 Å². The van der Waals surface area contributed by atoms with E-state index in [1.54, 1.807) is 5.57 Å². The van der Waals surface area contributed by atoms with E-state index in [9.17, 15) is 0 Å². The second-order valence-electron chi connectivity index (χ2n) is 4.45. The molecule has 0 atom stereocenters. The Labute approximate surface area is 87.4 Å². The highest BCUT2D eigenvalue weighted by molar-refractivity contribution is 5.24. The Morgan fingerprint density at radius 3 is 2.43 bits per heavy atom. The third kappa shape index (κ3) is 2.60. The molecule has 76 valence electrons. The summed E-state index contributed by atoms with van der Waals surface area (Å²) in [6, 6.07) is 0. The highest BCUT2D eigenvalue weighted by Gasteiger charge is 2.15. The lowest BCUT2D eigenvalue weighted by Crippen LogP contribution is -2.02. The summed E-state index contributed by atoms with van der Waals surface area (Å²) in [5, 5.41) is 0. The fourth-order valence-corrected chi connectivity index (χ4v) is 2.55. The van der Waals surface area contributed by atoms with Crippen LogP contribution in [-0.4, -0.2) is 0 Å². The van der Waals surface area contributed by atoms with Crippen molar-refractivity contribution in [2.75, 3.05) is 0 Å². The summed E-state index contributed by atoms with van der Waals surface area (Å²) in [7, 11) is 0. The largest absolute Gasteiger partial charge is 0.0805 e. The van der Waals surface area contributed by atoms with Gasteiger partial charge in [-0.2, -0.15) is 0 Å². The molecule has 0 aromatic carbocycles. The lowest BCUT2D eigenvalue weighted by atomic mass is 9.89. The van der Waals surface area contributed by atoms with E-state index in [1.165, 1.54) is 44.9 Å². The predicted octanol–water partition coefficient (Wildman–Crippen LogP) is 4.40. The predicted molar refractivity (Wildman–Crippen MR) is 62.2 cm³/mol. The van der Waals surface area contributed by atoms with Crippen molar-refractivity contribution >= 4 is 0 Å². The number of hydrogen-bond acceptors (Lipinski definition) is 0. The van der Waals surface area contributed by atoms with Crippen LogP contribution < -0.4 is 0 Å². The van der Waals surface area contributed by atoms with Crippen molar-refractivity contribution in [3.63, 3.8) is 0 Å². The Hall–Kier alpha value is -0.780. The molecule has 14 heavy (non-hydrogen) atoms. The number of rotatable bonds is 1. The Bertz CT molecular complexity index is 247. The first-order chi connectivity index (χ1) is 6.97. The normalized spacial score (nSPS) is 24.1. The molecule has 1 fully saturated rings. The summed E-state index contributed by atoms with van der Waals surface area (Å²) >= 11 is 0. The Balaban J connectivity index is 2.01. The molecule has 0 amide bonds. The lowest BCUT2D eigenvalue weighted by molar-refractivity contribution is 0.522. The van der Waals surface area contributed by atoms with Gasteiger partial charge >= 0.3 is 0 Å².